The van der Waals surface area contributed by atoms with Crippen molar-refractivity contribution in [3.63, 3.8) is 0 Å². The number of anilines is 1. The minimum absolute atomic E-state index is 0.0331. The normalized spacial score (nSPS) is 22.0. The van der Waals surface area contributed by atoms with Gasteiger partial charge in [0.2, 0.25) is 0 Å². The first-order chi connectivity index (χ1) is 15.5. The molecule has 0 aliphatic carbocycles. The van der Waals surface area contributed by atoms with Crippen LogP contribution in [0.2, 0.25) is 5.02 Å². The number of aryl methyl sites for hydroxylation is 1. The topological polar surface area (TPSA) is 59.9 Å². The van der Waals surface area contributed by atoms with Crippen molar-refractivity contribution >= 4 is 34.2 Å². The van der Waals surface area contributed by atoms with Gasteiger partial charge in [0.15, 0.2) is 0 Å². The SMILES string of the molecule is Cc1cc(N2C[C@H](O)[C@@H](N3CCN(C(=O)c4ccc(Cl)cc4)CC3)C2)nc2ccccc12. The van der Waals surface area contributed by atoms with Gasteiger partial charge in [-0.15, -0.1) is 0 Å². The number of rotatable bonds is 3. The van der Waals surface area contributed by atoms with Crippen molar-refractivity contribution < 1.29 is 9.90 Å². The first-order valence-corrected chi connectivity index (χ1v) is 11.5. The van der Waals surface area contributed by atoms with Crippen LogP contribution in [0.25, 0.3) is 10.9 Å². The van der Waals surface area contributed by atoms with Crippen molar-refractivity contribution in [2.45, 2.75) is 19.1 Å². The number of piperazine rings is 1. The summed E-state index contributed by atoms with van der Waals surface area (Å²) in [4.78, 5) is 24.0. The number of carbonyl (C=O) groups excluding carboxylic acids is 1. The summed E-state index contributed by atoms with van der Waals surface area (Å²) in [6.45, 7) is 6.21. The summed E-state index contributed by atoms with van der Waals surface area (Å²) in [7, 11) is 0. The summed E-state index contributed by atoms with van der Waals surface area (Å²) in [6, 6.07) is 17.3. The van der Waals surface area contributed by atoms with E-state index in [0.717, 1.165) is 36.4 Å². The summed E-state index contributed by atoms with van der Waals surface area (Å²) < 4.78 is 0. The third-order valence-corrected chi connectivity index (χ3v) is 6.91. The Hall–Kier alpha value is -2.67. The molecule has 2 fully saturated rings. The van der Waals surface area contributed by atoms with Gasteiger partial charge in [-0.05, 0) is 48.9 Å². The van der Waals surface area contributed by atoms with Crippen molar-refractivity contribution in [2.75, 3.05) is 44.2 Å². The zero-order valence-corrected chi connectivity index (χ0v) is 18.9. The highest BCUT2D eigenvalue weighted by molar-refractivity contribution is 6.30. The number of amides is 1. The second kappa shape index (κ2) is 8.70. The molecule has 2 aliphatic heterocycles. The standard InChI is InChI=1S/C25H27ClN4O2/c1-17-14-24(27-21-5-3-2-4-20(17)21)30-15-22(23(31)16-30)28-10-12-29(13-11-28)25(32)18-6-8-19(26)9-7-18/h2-9,14,22-23,31H,10-13,15-16H2,1H3/t22-,23-/m0/s1. The van der Waals surface area contributed by atoms with Crippen LogP contribution in [0.4, 0.5) is 5.82 Å². The summed E-state index contributed by atoms with van der Waals surface area (Å²) in [6.07, 6.45) is -0.443. The molecule has 0 radical (unpaired) electrons. The van der Waals surface area contributed by atoms with Crippen LogP contribution >= 0.6 is 11.6 Å². The molecule has 1 amide bonds. The molecule has 7 heteroatoms. The molecule has 0 saturated carbocycles. The fourth-order valence-electron chi connectivity index (χ4n) is 4.84. The molecule has 2 aliphatic rings. The number of pyridine rings is 1. The number of fused-ring (bicyclic) bond motifs is 1. The van der Waals surface area contributed by atoms with Crippen LogP contribution in [0.1, 0.15) is 15.9 Å². The maximum absolute atomic E-state index is 12.8. The van der Waals surface area contributed by atoms with Crippen LogP contribution < -0.4 is 4.90 Å². The third kappa shape index (κ3) is 4.06. The predicted octanol–water partition coefficient (Wildman–Crippen LogP) is 3.20. The largest absolute Gasteiger partial charge is 0.390 e. The number of carbonyl (C=O) groups is 1. The number of β-amino-alcohol motifs (C(OH)–C–C–N with tert-alkyl or cyclic N) is 1. The lowest BCUT2D eigenvalue weighted by molar-refractivity contribution is 0.0376. The van der Waals surface area contributed by atoms with Gasteiger partial charge in [-0.3, -0.25) is 9.69 Å². The molecule has 32 heavy (non-hydrogen) atoms. The third-order valence-electron chi connectivity index (χ3n) is 6.65. The maximum Gasteiger partial charge on any atom is 0.253 e. The Balaban J connectivity index is 1.24. The Morgan fingerprint density at radius 1 is 1.03 bits per heavy atom. The fourth-order valence-corrected chi connectivity index (χ4v) is 4.97. The lowest BCUT2D eigenvalue weighted by Gasteiger charge is -2.38. The molecule has 0 bridgehead atoms. The van der Waals surface area contributed by atoms with Crippen LogP contribution in [0.5, 0.6) is 0 Å². The Labute approximate surface area is 193 Å². The highest BCUT2D eigenvalue weighted by atomic mass is 35.5. The highest BCUT2D eigenvalue weighted by Gasteiger charge is 2.38. The smallest absolute Gasteiger partial charge is 0.253 e. The van der Waals surface area contributed by atoms with E-state index in [1.54, 1.807) is 24.3 Å². The highest BCUT2D eigenvalue weighted by Crippen LogP contribution is 2.27. The average Bonchev–Trinajstić information content (AvgIpc) is 3.21. The molecule has 3 aromatic rings. The molecule has 2 aromatic carbocycles. The molecule has 5 rings (SSSR count). The van der Waals surface area contributed by atoms with E-state index in [1.807, 2.05) is 23.1 Å². The van der Waals surface area contributed by atoms with Crippen molar-refractivity contribution in [3.8, 4) is 0 Å². The molecule has 0 spiro atoms. The lowest BCUT2D eigenvalue weighted by Crippen LogP contribution is -2.54. The van der Waals surface area contributed by atoms with Crippen LogP contribution in [0, 0.1) is 6.92 Å². The quantitative estimate of drug-likeness (QED) is 0.664. The van der Waals surface area contributed by atoms with Crippen LogP contribution in [-0.2, 0) is 0 Å². The minimum Gasteiger partial charge on any atom is -0.390 e. The number of hydrogen-bond acceptors (Lipinski definition) is 5. The van der Waals surface area contributed by atoms with Gasteiger partial charge in [-0.2, -0.15) is 0 Å². The van der Waals surface area contributed by atoms with Gasteiger partial charge in [0.25, 0.3) is 5.91 Å². The molecule has 1 N–H and O–H groups in total. The number of aliphatic hydroxyl groups is 1. The summed E-state index contributed by atoms with van der Waals surface area (Å²) in [5.41, 5.74) is 2.83. The van der Waals surface area contributed by atoms with Gasteiger partial charge in [0.05, 0.1) is 17.7 Å². The van der Waals surface area contributed by atoms with E-state index < -0.39 is 6.10 Å². The van der Waals surface area contributed by atoms with E-state index in [-0.39, 0.29) is 11.9 Å². The second-order valence-electron chi connectivity index (χ2n) is 8.69. The number of benzene rings is 2. The van der Waals surface area contributed by atoms with Gasteiger partial charge >= 0.3 is 0 Å². The van der Waals surface area contributed by atoms with Gasteiger partial charge in [-0.25, -0.2) is 4.98 Å². The number of para-hydroxylation sites is 1. The zero-order chi connectivity index (χ0) is 22.2. The number of aliphatic hydroxyl groups excluding tert-OH is 1. The van der Waals surface area contributed by atoms with Crippen LogP contribution in [0.15, 0.2) is 54.6 Å². The summed E-state index contributed by atoms with van der Waals surface area (Å²) in [5, 5.41) is 12.6. The number of nitrogens with zero attached hydrogens (tertiary/aromatic N) is 4. The second-order valence-corrected chi connectivity index (χ2v) is 9.13. The van der Waals surface area contributed by atoms with Crippen molar-refractivity contribution in [3.05, 3.63) is 70.7 Å². The zero-order valence-electron chi connectivity index (χ0n) is 18.1. The first-order valence-electron chi connectivity index (χ1n) is 11.1. The minimum atomic E-state index is -0.443. The van der Waals surface area contributed by atoms with E-state index in [0.29, 0.717) is 30.2 Å². The summed E-state index contributed by atoms with van der Waals surface area (Å²) in [5.74, 6) is 0.949. The maximum atomic E-state index is 12.8. The van der Waals surface area contributed by atoms with Crippen molar-refractivity contribution in [2.24, 2.45) is 0 Å². The predicted molar refractivity (Wildman–Crippen MR) is 127 cm³/mol. The monoisotopic (exact) mass is 450 g/mol. The molecule has 3 heterocycles. The molecular formula is C25H27ClN4O2. The fraction of sp³-hybridized carbons (Fsp3) is 0.360. The first kappa shape index (κ1) is 21.2. The molecule has 6 nitrogen and oxygen atoms in total. The average molecular weight is 451 g/mol. The molecular weight excluding hydrogens is 424 g/mol. The Morgan fingerprint density at radius 3 is 2.50 bits per heavy atom. The van der Waals surface area contributed by atoms with E-state index >= 15 is 0 Å². The number of halogens is 1. The van der Waals surface area contributed by atoms with Gasteiger partial charge < -0.3 is 14.9 Å². The molecule has 2 saturated heterocycles. The Morgan fingerprint density at radius 2 is 1.75 bits per heavy atom. The molecule has 166 valence electrons. The van der Waals surface area contributed by atoms with Crippen molar-refractivity contribution in [1.82, 2.24) is 14.8 Å². The lowest BCUT2D eigenvalue weighted by atomic mass is 10.1. The number of aromatic nitrogens is 1. The van der Waals surface area contributed by atoms with E-state index in [2.05, 4.69) is 28.9 Å². The van der Waals surface area contributed by atoms with E-state index in [1.165, 1.54) is 5.56 Å². The van der Waals surface area contributed by atoms with E-state index in [9.17, 15) is 9.90 Å². The van der Waals surface area contributed by atoms with Crippen LogP contribution in [0.3, 0.4) is 0 Å². The number of hydrogen-bond donors (Lipinski definition) is 1. The molecule has 2 atom stereocenters. The van der Waals surface area contributed by atoms with Gasteiger partial charge in [0.1, 0.15) is 5.82 Å². The van der Waals surface area contributed by atoms with Crippen molar-refractivity contribution in [1.29, 1.82) is 0 Å². The summed E-state index contributed by atoms with van der Waals surface area (Å²) >= 11 is 5.94. The van der Waals surface area contributed by atoms with Gasteiger partial charge in [-0.1, -0.05) is 29.8 Å². The Bertz CT molecular complexity index is 1130. The van der Waals surface area contributed by atoms with Crippen LogP contribution in [-0.4, -0.2) is 77.2 Å². The molecule has 1 aromatic heterocycles. The van der Waals surface area contributed by atoms with Gasteiger partial charge in [0, 0.05) is 55.2 Å². The van der Waals surface area contributed by atoms with E-state index in [4.69, 9.17) is 16.6 Å². The Kier molecular flexibility index (Phi) is 5.76. The molecule has 0 unspecified atom stereocenters.